The molecule has 0 spiro atoms. The first kappa shape index (κ1) is 20.0. The average molecular weight is 392 g/mol. The maximum atomic E-state index is 12.9. The number of pyridine rings is 1. The van der Waals surface area contributed by atoms with Gasteiger partial charge in [-0.05, 0) is 35.4 Å². The van der Waals surface area contributed by atoms with Gasteiger partial charge >= 0.3 is 6.03 Å². The van der Waals surface area contributed by atoms with Crippen molar-refractivity contribution in [3.63, 3.8) is 0 Å². The van der Waals surface area contributed by atoms with E-state index in [0.717, 1.165) is 11.1 Å². The van der Waals surface area contributed by atoms with Gasteiger partial charge in [-0.25, -0.2) is 9.18 Å². The zero-order valence-electron chi connectivity index (χ0n) is 15.6. The molecular formula is C22H21FN4O2. The van der Waals surface area contributed by atoms with Crippen LogP contribution in [0, 0.1) is 5.82 Å². The number of carbonyl (C=O) groups is 2. The number of aromatic nitrogens is 1. The molecule has 0 radical (unpaired) electrons. The van der Waals surface area contributed by atoms with Gasteiger partial charge in [-0.3, -0.25) is 9.78 Å². The summed E-state index contributed by atoms with van der Waals surface area (Å²) in [4.78, 5) is 28.6. The molecule has 0 fully saturated rings. The van der Waals surface area contributed by atoms with Crippen molar-refractivity contribution in [2.24, 2.45) is 0 Å². The normalized spacial score (nSPS) is 11.3. The first-order valence-electron chi connectivity index (χ1n) is 9.13. The summed E-state index contributed by atoms with van der Waals surface area (Å²) >= 11 is 0. The minimum absolute atomic E-state index is 0.189. The van der Waals surface area contributed by atoms with E-state index in [2.05, 4.69) is 20.9 Å². The standard InChI is InChI=1S/C22H21FN4O2/c23-18-11-9-16(10-12-18)14-25-22(29)26-15-20(28)27-21(17-6-2-1-3-7-17)19-8-4-5-13-24-19/h1-13,21H,14-15H2,(H,27,28)(H2,25,26,29). The Kier molecular flexibility index (Phi) is 6.89. The SMILES string of the molecule is O=C(CNC(=O)NCc1ccc(F)cc1)NC(c1ccccc1)c1ccccn1. The predicted molar refractivity (Wildman–Crippen MR) is 107 cm³/mol. The van der Waals surface area contributed by atoms with Gasteiger partial charge in [0.15, 0.2) is 0 Å². The Morgan fingerprint density at radius 1 is 0.897 bits per heavy atom. The predicted octanol–water partition coefficient (Wildman–Crippen LogP) is 2.93. The maximum absolute atomic E-state index is 12.9. The van der Waals surface area contributed by atoms with Gasteiger partial charge in [-0.1, -0.05) is 48.5 Å². The first-order valence-corrected chi connectivity index (χ1v) is 9.13. The lowest BCUT2D eigenvalue weighted by atomic mass is 10.0. The Morgan fingerprint density at radius 2 is 1.62 bits per heavy atom. The molecule has 6 nitrogen and oxygen atoms in total. The van der Waals surface area contributed by atoms with E-state index < -0.39 is 12.1 Å². The highest BCUT2D eigenvalue weighted by Crippen LogP contribution is 2.19. The molecule has 0 aliphatic heterocycles. The fourth-order valence-electron chi connectivity index (χ4n) is 2.74. The van der Waals surface area contributed by atoms with Crippen LogP contribution in [0.5, 0.6) is 0 Å². The van der Waals surface area contributed by atoms with Crippen LogP contribution < -0.4 is 16.0 Å². The Labute approximate surface area is 168 Å². The molecule has 0 aliphatic carbocycles. The number of hydrogen-bond acceptors (Lipinski definition) is 3. The van der Waals surface area contributed by atoms with Crippen LogP contribution in [0.1, 0.15) is 22.9 Å². The second kappa shape index (κ2) is 9.98. The highest BCUT2D eigenvalue weighted by atomic mass is 19.1. The summed E-state index contributed by atoms with van der Waals surface area (Å²) in [5.41, 5.74) is 2.35. The van der Waals surface area contributed by atoms with Gasteiger partial charge in [0, 0.05) is 12.7 Å². The molecule has 1 aromatic heterocycles. The van der Waals surface area contributed by atoms with E-state index in [4.69, 9.17) is 0 Å². The number of urea groups is 1. The van der Waals surface area contributed by atoms with Gasteiger partial charge in [0.05, 0.1) is 18.3 Å². The highest BCUT2D eigenvalue weighted by molar-refractivity contribution is 5.84. The van der Waals surface area contributed by atoms with Crippen LogP contribution in [0.4, 0.5) is 9.18 Å². The topological polar surface area (TPSA) is 83.1 Å². The maximum Gasteiger partial charge on any atom is 0.315 e. The summed E-state index contributed by atoms with van der Waals surface area (Å²) < 4.78 is 12.9. The summed E-state index contributed by atoms with van der Waals surface area (Å²) in [5, 5.41) is 8.04. The monoisotopic (exact) mass is 392 g/mol. The van der Waals surface area contributed by atoms with Crippen LogP contribution in [-0.4, -0.2) is 23.5 Å². The average Bonchev–Trinajstić information content (AvgIpc) is 2.77. The van der Waals surface area contributed by atoms with E-state index in [0.29, 0.717) is 5.69 Å². The number of carbonyl (C=O) groups excluding carboxylic acids is 2. The number of benzene rings is 2. The summed E-state index contributed by atoms with van der Waals surface area (Å²) in [5.74, 6) is -0.683. The molecule has 3 aromatic rings. The number of nitrogens with zero attached hydrogens (tertiary/aromatic N) is 1. The molecule has 3 amide bonds. The first-order chi connectivity index (χ1) is 14.1. The summed E-state index contributed by atoms with van der Waals surface area (Å²) in [6, 6.07) is 19.9. The molecule has 0 bridgehead atoms. The summed E-state index contributed by atoms with van der Waals surface area (Å²) in [7, 11) is 0. The van der Waals surface area contributed by atoms with E-state index in [1.807, 2.05) is 42.5 Å². The van der Waals surface area contributed by atoms with Gasteiger partial charge < -0.3 is 16.0 Å². The molecule has 0 aliphatic rings. The fourth-order valence-corrected chi connectivity index (χ4v) is 2.74. The van der Waals surface area contributed by atoms with Crippen molar-refractivity contribution >= 4 is 11.9 Å². The van der Waals surface area contributed by atoms with Crippen LogP contribution >= 0.6 is 0 Å². The minimum Gasteiger partial charge on any atom is -0.342 e. The molecule has 7 heteroatoms. The van der Waals surface area contributed by atoms with Crippen molar-refractivity contribution in [1.29, 1.82) is 0 Å². The minimum atomic E-state index is -0.487. The van der Waals surface area contributed by atoms with Gasteiger partial charge in [-0.15, -0.1) is 0 Å². The molecule has 3 rings (SSSR count). The van der Waals surface area contributed by atoms with Gasteiger partial charge in [-0.2, -0.15) is 0 Å². The fraction of sp³-hybridized carbons (Fsp3) is 0.136. The number of nitrogens with one attached hydrogen (secondary N) is 3. The molecule has 0 saturated carbocycles. The molecule has 2 aromatic carbocycles. The lowest BCUT2D eigenvalue weighted by molar-refractivity contribution is -0.120. The van der Waals surface area contributed by atoms with Crippen molar-refractivity contribution in [3.05, 3.63) is 102 Å². The van der Waals surface area contributed by atoms with Crippen molar-refractivity contribution < 1.29 is 14.0 Å². The van der Waals surface area contributed by atoms with Gasteiger partial charge in [0.2, 0.25) is 5.91 Å². The van der Waals surface area contributed by atoms with Crippen molar-refractivity contribution in [2.75, 3.05) is 6.54 Å². The largest absolute Gasteiger partial charge is 0.342 e. The zero-order chi connectivity index (χ0) is 20.5. The quantitative estimate of drug-likeness (QED) is 0.578. The van der Waals surface area contributed by atoms with E-state index >= 15 is 0 Å². The van der Waals surface area contributed by atoms with Crippen LogP contribution in [0.3, 0.4) is 0 Å². The molecule has 1 heterocycles. The Bertz CT molecular complexity index is 895. The van der Waals surface area contributed by atoms with Crippen molar-refractivity contribution in [2.45, 2.75) is 12.6 Å². The van der Waals surface area contributed by atoms with Crippen LogP contribution in [0.15, 0.2) is 79.0 Å². The third kappa shape index (κ3) is 6.14. The highest BCUT2D eigenvalue weighted by Gasteiger charge is 2.18. The smallest absolute Gasteiger partial charge is 0.315 e. The Morgan fingerprint density at radius 3 is 2.31 bits per heavy atom. The third-order valence-corrected chi connectivity index (χ3v) is 4.20. The third-order valence-electron chi connectivity index (χ3n) is 4.20. The van der Waals surface area contributed by atoms with E-state index in [9.17, 15) is 14.0 Å². The molecule has 1 unspecified atom stereocenters. The van der Waals surface area contributed by atoms with Crippen LogP contribution in [0.25, 0.3) is 0 Å². The zero-order valence-corrected chi connectivity index (χ0v) is 15.6. The number of amides is 3. The van der Waals surface area contributed by atoms with Crippen LogP contribution in [-0.2, 0) is 11.3 Å². The van der Waals surface area contributed by atoms with Crippen molar-refractivity contribution in [3.8, 4) is 0 Å². The second-order valence-corrected chi connectivity index (χ2v) is 6.33. The van der Waals surface area contributed by atoms with E-state index in [-0.39, 0.29) is 24.8 Å². The molecule has 1 atom stereocenters. The summed E-state index contributed by atoms with van der Waals surface area (Å²) in [6.07, 6.45) is 1.67. The van der Waals surface area contributed by atoms with Crippen LogP contribution in [0.2, 0.25) is 0 Å². The summed E-state index contributed by atoms with van der Waals surface area (Å²) in [6.45, 7) is 0.0414. The van der Waals surface area contributed by atoms with Gasteiger partial charge in [0.25, 0.3) is 0 Å². The lowest BCUT2D eigenvalue weighted by Crippen LogP contribution is -2.43. The van der Waals surface area contributed by atoms with E-state index in [1.165, 1.54) is 12.1 Å². The number of hydrogen-bond donors (Lipinski definition) is 3. The molecule has 29 heavy (non-hydrogen) atoms. The number of rotatable bonds is 7. The number of halogens is 1. The van der Waals surface area contributed by atoms with Gasteiger partial charge in [0.1, 0.15) is 5.82 Å². The molecule has 148 valence electrons. The van der Waals surface area contributed by atoms with E-state index in [1.54, 1.807) is 24.4 Å². The molecular weight excluding hydrogens is 371 g/mol. The molecule has 0 saturated heterocycles. The van der Waals surface area contributed by atoms with Crippen molar-refractivity contribution in [1.82, 2.24) is 20.9 Å². The molecule has 3 N–H and O–H groups in total. The second-order valence-electron chi connectivity index (χ2n) is 6.33. The Balaban J connectivity index is 1.53. The lowest BCUT2D eigenvalue weighted by Gasteiger charge is -2.19. The Hall–Kier alpha value is -3.74.